The number of hydrogen-bond acceptors (Lipinski definition) is 3. The molecule has 21 heavy (non-hydrogen) atoms. The van der Waals surface area contributed by atoms with Crippen molar-refractivity contribution in [2.24, 2.45) is 5.92 Å². The summed E-state index contributed by atoms with van der Waals surface area (Å²) in [6.07, 6.45) is 9.31. The van der Waals surface area contributed by atoms with Crippen LogP contribution in [0.15, 0.2) is 22.8 Å². The van der Waals surface area contributed by atoms with Crippen LogP contribution in [-0.4, -0.2) is 37.1 Å². The molecule has 1 aliphatic rings. The molecule has 3 atom stereocenters. The molecule has 0 saturated heterocycles. The largest absolute Gasteiger partial charge is 0.469 e. The highest BCUT2D eigenvalue weighted by molar-refractivity contribution is 4.99. The minimum atomic E-state index is 0.344. The first-order valence-corrected chi connectivity index (χ1v) is 8.45. The van der Waals surface area contributed by atoms with Gasteiger partial charge in [-0.3, -0.25) is 0 Å². The molecule has 0 aliphatic heterocycles. The lowest BCUT2D eigenvalue weighted by Gasteiger charge is -2.46. The molecule has 3 nitrogen and oxygen atoms in total. The maximum absolute atomic E-state index is 5.41. The van der Waals surface area contributed by atoms with Crippen molar-refractivity contribution in [2.45, 2.75) is 64.0 Å². The molecule has 0 bridgehead atoms. The highest BCUT2D eigenvalue weighted by Gasteiger charge is 2.36. The van der Waals surface area contributed by atoms with Crippen LogP contribution in [-0.2, 0) is 6.42 Å². The lowest BCUT2D eigenvalue weighted by Crippen LogP contribution is -2.55. The van der Waals surface area contributed by atoms with Gasteiger partial charge in [-0.05, 0) is 58.3 Å². The Kier molecular flexibility index (Phi) is 5.88. The van der Waals surface area contributed by atoms with E-state index in [0.29, 0.717) is 11.6 Å². The van der Waals surface area contributed by atoms with Crippen molar-refractivity contribution in [2.75, 3.05) is 20.6 Å². The Hall–Kier alpha value is -0.800. The molecule has 120 valence electrons. The first-order valence-electron chi connectivity index (χ1n) is 8.45. The summed E-state index contributed by atoms with van der Waals surface area (Å²) < 4.78 is 5.41. The smallest absolute Gasteiger partial charge is 0.103 e. The number of hydrogen-bond donors (Lipinski definition) is 1. The zero-order valence-electron chi connectivity index (χ0n) is 14.2. The summed E-state index contributed by atoms with van der Waals surface area (Å²) in [5, 5.41) is 3.77. The first kappa shape index (κ1) is 16.6. The van der Waals surface area contributed by atoms with Crippen LogP contribution in [0.2, 0.25) is 0 Å². The lowest BCUT2D eigenvalue weighted by atomic mass is 9.75. The third-order valence-electron chi connectivity index (χ3n) is 5.20. The van der Waals surface area contributed by atoms with Gasteiger partial charge in [-0.25, -0.2) is 0 Å². The zero-order chi connectivity index (χ0) is 15.3. The van der Waals surface area contributed by atoms with Crippen LogP contribution in [0.1, 0.15) is 51.7 Å². The van der Waals surface area contributed by atoms with Crippen LogP contribution in [0.25, 0.3) is 0 Å². The van der Waals surface area contributed by atoms with Gasteiger partial charge >= 0.3 is 0 Å². The van der Waals surface area contributed by atoms with Gasteiger partial charge in [0.15, 0.2) is 0 Å². The van der Waals surface area contributed by atoms with Crippen LogP contribution in [0, 0.1) is 5.92 Å². The van der Waals surface area contributed by atoms with Crippen molar-refractivity contribution in [3.05, 3.63) is 24.2 Å². The second-order valence-corrected chi connectivity index (χ2v) is 7.22. The van der Waals surface area contributed by atoms with Gasteiger partial charge in [-0.2, -0.15) is 0 Å². The maximum Gasteiger partial charge on any atom is 0.103 e. The molecular weight excluding hydrogens is 260 g/mol. The van der Waals surface area contributed by atoms with Gasteiger partial charge in [0, 0.05) is 24.5 Å². The predicted octanol–water partition coefficient (Wildman–Crippen LogP) is 3.70. The Morgan fingerprint density at radius 2 is 2.29 bits per heavy atom. The molecule has 3 heteroatoms. The van der Waals surface area contributed by atoms with E-state index < -0.39 is 0 Å². The summed E-state index contributed by atoms with van der Waals surface area (Å²) in [7, 11) is 4.49. The average Bonchev–Trinajstić information content (AvgIpc) is 2.96. The van der Waals surface area contributed by atoms with Gasteiger partial charge in [0.05, 0.1) is 6.26 Å². The summed E-state index contributed by atoms with van der Waals surface area (Å²) >= 11 is 0. The molecule has 1 N–H and O–H groups in total. The Bertz CT molecular complexity index is 401. The van der Waals surface area contributed by atoms with Crippen molar-refractivity contribution in [3.8, 4) is 0 Å². The van der Waals surface area contributed by atoms with E-state index >= 15 is 0 Å². The first-order chi connectivity index (χ1) is 10.0. The standard InChI is InChI=1S/C18H32N2O/c1-15-7-5-11-18(13-15,20(3)4)14-19-16(2)9-10-17-8-6-12-21-17/h6,8,12,15-16,19H,5,7,9-11,13-14H2,1-4H3. The molecule has 2 rings (SSSR count). The fraction of sp³-hybridized carbons (Fsp3) is 0.778. The zero-order valence-corrected chi connectivity index (χ0v) is 14.2. The van der Waals surface area contributed by atoms with Crippen molar-refractivity contribution < 1.29 is 4.42 Å². The molecule has 1 aromatic rings. The molecule has 1 aliphatic carbocycles. The van der Waals surface area contributed by atoms with Crippen molar-refractivity contribution in [1.82, 2.24) is 10.2 Å². The average molecular weight is 292 g/mol. The fourth-order valence-corrected chi connectivity index (χ4v) is 3.64. The van der Waals surface area contributed by atoms with Gasteiger partial charge in [0.25, 0.3) is 0 Å². The van der Waals surface area contributed by atoms with Crippen LogP contribution in [0.4, 0.5) is 0 Å². The Morgan fingerprint density at radius 3 is 2.90 bits per heavy atom. The van der Waals surface area contributed by atoms with Crippen LogP contribution < -0.4 is 5.32 Å². The van der Waals surface area contributed by atoms with Crippen molar-refractivity contribution in [1.29, 1.82) is 0 Å². The molecule has 3 unspecified atom stereocenters. The van der Waals surface area contributed by atoms with E-state index in [2.05, 4.69) is 44.2 Å². The summed E-state index contributed by atoms with van der Waals surface area (Å²) in [6, 6.07) is 4.57. The minimum Gasteiger partial charge on any atom is -0.469 e. The van der Waals surface area contributed by atoms with Crippen LogP contribution >= 0.6 is 0 Å². The molecule has 1 fully saturated rings. The van der Waals surface area contributed by atoms with Gasteiger partial charge < -0.3 is 14.6 Å². The van der Waals surface area contributed by atoms with Crippen molar-refractivity contribution >= 4 is 0 Å². The normalized spacial score (nSPS) is 28.0. The number of nitrogens with zero attached hydrogens (tertiary/aromatic N) is 1. The van der Waals surface area contributed by atoms with Crippen LogP contribution in [0.5, 0.6) is 0 Å². The topological polar surface area (TPSA) is 28.4 Å². The Morgan fingerprint density at radius 1 is 1.48 bits per heavy atom. The fourth-order valence-electron chi connectivity index (χ4n) is 3.64. The highest BCUT2D eigenvalue weighted by Crippen LogP contribution is 2.35. The maximum atomic E-state index is 5.41. The third kappa shape index (κ3) is 4.58. The second kappa shape index (κ2) is 7.46. The van der Waals surface area contributed by atoms with E-state index in [9.17, 15) is 0 Å². The molecule has 1 saturated carbocycles. The molecular formula is C18H32N2O. The number of rotatable bonds is 7. The monoisotopic (exact) mass is 292 g/mol. The molecule has 0 aromatic carbocycles. The van der Waals surface area contributed by atoms with Crippen LogP contribution in [0.3, 0.4) is 0 Å². The van der Waals surface area contributed by atoms with E-state index in [1.165, 1.54) is 25.7 Å². The predicted molar refractivity (Wildman–Crippen MR) is 88.5 cm³/mol. The molecule has 0 radical (unpaired) electrons. The summed E-state index contributed by atoms with van der Waals surface area (Å²) in [5.74, 6) is 1.94. The van der Waals surface area contributed by atoms with Gasteiger partial charge in [0.2, 0.25) is 0 Å². The number of aryl methyl sites for hydroxylation is 1. The number of nitrogens with one attached hydrogen (secondary N) is 1. The summed E-state index contributed by atoms with van der Waals surface area (Å²) in [4.78, 5) is 2.45. The van der Waals surface area contributed by atoms with Crippen molar-refractivity contribution in [3.63, 3.8) is 0 Å². The third-order valence-corrected chi connectivity index (χ3v) is 5.20. The highest BCUT2D eigenvalue weighted by atomic mass is 16.3. The summed E-state index contributed by atoms with van der Waals surface area (Å²) in [5.41, 5.74) is 0.344. The number of likely N-dealkylation sites (N-methyl/N-ethyl adjacent to an activating group) is 1. The van der Waals surface area contributed by atoms with E-state index in [-0.39, 0.29) is 0 Å². The summed E-state index contributed by atoms with van der Waals surface area (Å²) in [6.45, 7) is 5.79. The molecule has 1 aromatic heterocycles. The van der Waals surface area contributed by atoms with E-state index in [1.54, 1.807) is 6.26 Å². The molecule has 0 amide bonds. The lowest BCUT2D eigenvalue weighted by molar-refractivity contribution is 0.0725. The van der Waals surface area contributed by atoms with E-state index in [0.717, 1.165) is 31.1 Å². The van der Waals surface area contributed by atoms with Gasteiger partial charge in [-0.15, -0.1) is 0 Å². The van der Waals surface area contributed by atoms with E-state index in [4.69, 9.17) is 4.42 Å². The van der Waals surface area contributed by atoms with Gasteiger partial charge in [0.1, 0.15) is 5.76 Å². The second-order valence-electron chi connectivity index (χ2n) is 7.22. The molecule has 0 spiro atoms. The quantitative estimate of drug-likeness (QED) is 0.830. The van der Waals surface area contributed by atoms with Gasteiger partial charge in [-0.1, -0.05) is 19.8 Å². The Labute approximate surface area is 130 Å². The minimum absolute atomic E-state index is 0.344. The number of furan rings is 1. The van der Waals surface area contributed by atoms with E-state index in [1.807, 2.05) is 6.07 Å². The Balaban J connectivity index is 1.81. The SMILES string of the molecule is CC1CCCC(CNC(C)CCc2ccco2)(N(C)C)C1. The molecule has 1 heterocycles.